The second kappa shape index (κ2) is 6.37. The molecule has 2 aromatic heterocycles. The summed E-state index contributed by atoms with van der Waals surface area (Å²) < 4.78 is 16.1. The average Bonchev–Trinajstić information content (AvgIpc) is 3.13. The molecule has 0 aliphatic heterocycles. The number of rotatable bonds is 4. The Morgan fingerprint density at radius 3 is 2.67 bits per heavy atom. The minimum Gasteiger partial charge on any atom is -0.496 e. The van der Waals surface area contributed by atoms with Gasteiger partial charge in [0.1, 0.15) is 17.3 Å². The summed E-state index contributed by atoms with van der Waals surface area (Å²) in [4.78, 5) is 12.4. The molecular formula is C16H14ClN3O4. The average molecular weight is 348 g/mol. The maximum absolute atomic E-state index is 12.4. The number of aromatic nitrogens is 2. The molecule has 7 nitrogen and oxygen atoms in total. The highest BCUT2D eigenvalue weighted by Gasteiger charge is 2.18. The first-order valence-electron chi connectivity index (χ1n) is 7.03. The Morgan fingerprint density at radius 1 is 1.21 bits per heavy atom. The molecule has 0 aliphatic rings. The molecule has 0 radical (unpaired) electrons. The standard InChI is InChI=1S/C16H14ClN3O4/c1-8-6-11(9(2)23-8)15-19-20-16(24-15)18-14(21)12-7-10(17)4-5-13(12)22-3/h4-7H,1-3H3,(H,18,20,21). The number of aryl methyl sites for hydroxylation is 2. The van der Waals surface area contributed by atoms with Gasteiger partial charge in [0.2, 0.25) is 0 Å². The minimum absolute atomic E-state index is 0.0321. The number of hydrogen-bond donors (Lipinski definition) is 1. The van der Waals surface area contributed by atoms with Crippen LogP contribution < -0.4 is 10.1 Å². The van der Waals surface area contributed by atoms with Crippen molar-refractivity contribution in [1.82, 2.24) is 10.2 Å². The van der Waals surface area contributed by atoms with E-state index in [9.17, 15) is 4.79 Å². The Balaban J connectivity index is 1.84. The van der Waals surface area contributed by atoms with E-state index in [1.165, 1.54) is 13.2 Å². The Morgan fingerprint density at radius 2 is 2.00 bits per heavy atom. The molecule has 2 heterocycles. The van der Waals surface area contributed by atoms with Gasteiger partial charge in [-0.2, -0.15) is 0 Å². The fourth-order valence-electron chi connectivity index (χ4n) is 2.25. The van der Waals surface area contributed by atoms with Crippen molar-refractivity contribution in [2.24, 2.45) is 0 Å². The molecule has 0 spiro atoms. The van der Waals surface area contributed by atoms with Crippen molar-refractivity contribution in [3.8, 4) is 17.2 Å². The summed E-state index contributed by atoms with van der Waals surface area (Å²) in [7, 11) is 1.47. The summed E-state index contributed by atoms with van der Waals surface area (Å²) >= 11 is 5.93. The van der Waals surface area contributed by atoms with Gasteiger partial charge < -0.3 is 13.6 Å². The summed E-state index contributed by atoms with van der Waals surface area (Å²) in [6.45, 7) is 3.61. The molecule has 0 saturated heterocycles. The topological polar surface area (TPSA) is 90.4 Å². The van der Waals surface area contributed by atoms with Gasteiger partial charge in [0.15, 0.2) is 0 Å². The van der Waals surface area contributed by atoms with Crippen LogP contribution in [-0.2, 0) is 0 Å². The van der Waals surface area contributed by atoms with Crippen molar-refractivity contribution in [2.45, 2.75) is 13.8 Å². The van der Waals surface area contributed by atoms with E-state index in [2.05, 4.69) is 15.5 Å². The smallest absolute Gasteiger partial charge is 0.322 e. The van der Waals surface area contributed by atoms with E-state index >= 15 is 0 Å². The molecule has 0 saturated carbocycles. The largest absolute Gasteiger partial charge is 0.496 e. The van der Waals surface area contributed by atoms with Crippen LogP contribution in [0.15, 0.2) is 33.1 Å². The lowest BCUT2D eigenvalue weighted by Crippen LogP contribution is -2.13. The van der Waals surface area contributed by atoms with Crippen LogP contribution in [0.1, 0.15) is 21.9 Å². The van der Waals surface area contributed by atoms with E-state index in [-0.39, 0.29) is 17.5 Å². The lowest BCUT2D eigenvalue weighted by atomic mass is 10.2. The summed E-state index contributed by atoms with van der Waals surface area (Å²) in [6.07, 6.45) is 0. The number of nitrogens with one attached hydrogen (secondary N) is 1. The maximum atomic E-state index is 12.4. The number of nitrogens with zero attached hydrogens (tertiary/aromatic N) is 2. The molecule has 1 N–H and O–H groups in total. The van der Waals surface area contributed by atoms with Gasteiger partial charge in [-0.1, -0.05) is 16.7 Å². The molecule has 1 aromatic carbocycles. The van der Waals surface area contributed by atoms with Crippen LogP contribution in [0.2, 0.25) is 5.02 Å². The van der Waals surface area contributed by atoms with E-state index in [1.807, 2.05) is 6.92 Å². The van der Waals surface area contributed by atoms with Gasteiger partial charge >= 0.3 is 6.01 Å². The normalized spacial score (nSPS) is 10.7. The number of amides is 1. The molecule has 0 aliphatic carbocycles. The molecule has 3 aromatic rings. The third-order valence-electron chi connectivity index (χ3n) is 3.32. The first-order chi connectivity index (χ1) is 11.5. The van der Waals surface area contributed by atoms with Crippen LogP contribution in [-0.4, -0.2) is 23.2 Å². The van der Waals surface area contributed by atoms with Gasteiger partial charge in [0, 0.05) is 5.02 Å². The highest BCUT2D eigenvalue weighted by atomic mass is 35.5. The van der Waals surface area contributed by atoms with Gasteiger partial charge in [-0.3, -0.25) is 10.1 Å². The highest BCUT2D eigenvalue weighted by Crippen LogP contribution is 2.27. The second-order valence-corrected chi connectivity index (χ2v) is 5.47. The number of ether oxygens (including phenoxy) is 1. The summed E-state index contributed by atoms with van der Waals surface area (Å²) in [5, 5.41) is 10.7. The quantitative estimate of drug-likeness (QED) is 0.770. The third kappa shape index (κ3) is 3.11. The third-order valence-corrected chi connectivity index (χ3v) is 3.56. The van der Waals surface area contributed by atoms with E-state index in [0.717, 1.165) is 5.76 Å². The van der Waals surface area contributed by atoms with Crippen LogP contribution in [0, 0.1) is 13.8 Å². The summed E-state index contributed by atoms with van der Waals surface area (Å²) in [5.41, 5.74) is 0.945. The first-order valence-corrected chi connectivity index (χ1v) is 7.41. The number of carbonyl (C=O) groups excluding carboxylic acids is 1. The SMILES string of the molecule is COc1ccc(Cl)cc1C(=O)Nc1nnc(-c2cc(C)oc2C)o1. The molecule has 0 unspecified atom stereocenters. The monoisotopic (exact) mass is 347 g/mol. The lowest BCUT2D eigenvalue weighted by molar-refractivity contribution is 0.102. The Hall–Kier alpha value is -2.80. The van der Waals surface area contributed by atoms with E-state index in [1.54, 1.807) is 25.1 Å². The Labute approximate surface area is 142 Å². The molecule has 124 valence electrons. The van der Waals surface area contributed by atoms with Crippen molar-refractivity contribution in [1.29, 1.82) is 0 Å². The fraction of sp³-hybridized carbons (Fsp3) is 0.188. The van der Waals surface area contributed by atoms with E-state index in [4.69, 9.17) is 25.2 Å². The van der Waals surface area contributed by atoms with Crippen LogP contribution >= 0.6 is 11.6 Å². The number of halogens is 1. The number of furan rings is 1. The number of carbonyl (C=O) groups is 1. The molecule has 0 atom stereocenters. The lowest BCUT2D eigenvalue weighted by Gasteiger charge is -2.07. The number of methoxy groups -OCH3 is 1. The Kier molecular flexibility index (Phi) is 4.26. The first kappa shape index (κ1) is 16.1. The van der Waals surface area contributed by atoms with Crippen LogP contribution in [0.25, 0.3) is 11.5 Å². The van der Waals surface area contributed by atoms with E-state index in [0.29, 0.717) is 22.1 Å². The number of hydrogen-bond acceptors (Lipinski definition) is 6. The molecule has 8 heteroatoms. The zero-order chi connectivity index (χ0) is 17.3. The molecule has 1 amide bonds. The zero-order valence-corrected chi connectivity index (χ0v) is 14.0. The minimum atomic E-state index is -0.468. The predicted octanol–water partition coefficient (Wildman–Crippen LogP) is 3.86. The van der Waals surface area contributed by atoms with Crippen molar-refractivity contribution in [2.75, 3.05) is 12.4 Å². The Bertz CT molecular complexity index is 901. The van der Waals surface area contributed by atoms with Crippen molar-refractivity contribution in [3.63, 3.8) is 0 Å². The van der Waals surface area contributed by atoms with Gasteiger partial charge in [0.25, 0.3) is 11.8 Å². The van der Waals surface area contributed by atoms with Crippen LogP contribution in [0.4, 0.5) is 6.01 Å². The van der Waals surface area contributed by atoms with Crippen molar-refractivity contribution in [3.05, 3.63) is 46.4 Å². The number of anilines is 1. The van der Waals surface area contributed by atoms with Crippen molar-refractivity contribution >= 4 is 23.5 Å². The second-order valence-electron chi connectivity index (χ2n) is 5.04. The zero-order valence-electron chi connectivity index (χ0n) is 13.2. The molecule has 3 rings (SSSR count). The highest BCUT2D eigenvalue weighted by molar-refractivity contribution is 6.31. The van der Waals surface area contributed by atoms with Gasteiger partial charge in [-0.15, -0.1) is 5.10 Å². The molecule has 24 heavy (non-hydrogen) atoms. The van der Waals surface area contributed by atoms with Crippen LogP contribution in [0.5, 0.6) is 5.75 Å². The molecule has 0 fully saturated rings. The summed E-state index contributed by atoms with van der Waals surface area (Å²) in [5.74, 6) is 1.57. The maximum Gasteiger partial charge on any atom is 0.322 e. The predicted molar refractivity (Wildman–Crippen MR) is 87.4 cm³/mol. The number of benzene rings is 1. The van der Waals surface area contributed by atoms with Crippen LogP contribution in [0.3, 0.4) is 0 Å². The molecule has 0 bridgehead atoms. The van der Waals surface area contributed by atoms with Gasteiger partial charge in [0.05, 0.1) is 18.2 Å². The summed E-state index contributed by atoms with van der Waals surface area (Å²) in [6, 6.07) is 6.49. The van der Waals surface area contributed by atoms with E-state index < -0.39 is 5.91 Å². The van der Waals surface area contributed by atoms with Gasteiger partial charge in [-0.25, -0.2) is 0 Å². The fourth-order valence-corrected chi connectivity index (χ4v) is 2.42. The van der Waals surface area contributed by atoms with Gasteiger partial charge in [-0.05, 0) is 38.1 Å². The van der Waals surface area contributed by atoms with Crippen molar-refractivity contribution < 1.29 is 18.4 Å². The molecular weight excluding hydrogens is 334 g/mol.